The van der Waals surface area contributed by atoms with Crippen molar-refractivity contribution in [2.45, 2.75) is 58.0 Å². The van der Waals surface area contributed by atoms with Crippen LogP contribution >= 0.6 is 0 Å². The Balaban J connectivity index is 1.72. The van der Waals surface area contributed by atoms with Crippen LogP contribution < -0.4 is 5.32 Å². The van der Waals surface area contributed by atoms with Gasteiger partial charge in [0.05, 0.1) is 12.5 Å². The average Bonchev–Trinajstić information content (AvgIpc) is 2.54. The number of amides is 2. The molecule has 0 bridgehead atoms. The van der Waals surface area contributed by atoms with Gasteiger partial charge in [-0.1, -0.05) is 44.0 Å². The quantitative estimate of drug-likeness (QED) is 0.922. The number of hydrogen-bond acceptors (Lipinski definition) is 2. The van der Waals surface area contributed by atoms with Crippen molar-refractivity contribution in [3.63, 3.8) is 0 Å². The first-order chi connectivity index (χ1) is 11.5. The molecule has 3 unspecified atom stereocenters. The van der Waals surface area contributed by atoms with Crippen LogP contribution in [0.3, 0.4) is 0 Å². The molecule has 1 N–H and O–H groups in total. The first-order valence-electron chi connectivity index (χ1n) is 8.90. The molecule has 1 saturated carbocycles. The van der Waals surface area contributed by atoms with Gasteiger partial charge in [-0.3, -0.25) is 9.59 Å². The Hall–Kier alpha value is -2.10. The number of rotatable bonds is 3. The van der Waals surface area contributed by atoms with Gasteiger partial charge in [0.15, 0.2) is 0 Å². The minimum Gasteiger partial charge on any atom is -0.353 e. The molecule has 1 aromatic carbocycles. The predicted octanol–water partition coefficient (Wildman–Crippen LogP) is 3.65. The van der Waals surface area contributed by atoms with Gasteiger partial charge < -0.3 is 10.2 Å². The second-order valence-corrected chi connectivity index (χ2v) is 7.13. The van der Waals surface area contributed by atoms with Gasteiger partial charge in [0.1, 0.15) is 0 Å². The highest BCUT2D eigenvalue weighted by Crippen LogP contribution is 2.33. The molecule has 0 spiro atoms. The highest BCUT2D eigenvalue weighted by molar-refractivity contribution is 5.82. The van der Waals surface area contributed by atoms with Crippen molar-refractivity contribution >= 4 is 17.9 Å². The molecular formula is C20H26N2O2. The Labute approximate surface area is 143 Å². The molecule has 3 atom stereocenters. The summed E-state index contributed by atoms with van der Waals surface area (Å²) in [5.74, 6) is 0.677. The Morgan fingerprint density at radius 1 is 1.25 bits per heavy atom. The maximum Gasteiger partial charge on any atom is 0.223 e. The van der Waals surface area contributed by atoms with Crippen LogP contribution in [0.5, 0.6) is 0 Å². The van der Waals surface area contributed by atoms with Crippen LogP contribution in [-0.4, -0.2) is 22.8 Å². The molecule has 1 aromatic rings. The van der Waals surface area contributed by atoms with Gasteiger partial charge in [-0.25, -0.2) is 0 Å². The molecule has 0 saturated heterocycles. The molecule has 128 valence electrons. The summed E-state index contributed by atoms with van der Waals surface area (Å²) in [6, 6.07) is 8.04. The lowest BCUT2D eigenvalue weighted by molar-refractivity contribution is -0.130. The summed E-state index contributed by atoms with van der Waals surface area (Å²) < 4.78 is 0. The zero-order chi connectivity index (χ0) is 17.1. The zero-order valence-corrected chi connectivity index (χ0v) is 14.5. The number of carbonyl (C=O) groups is 2. The molecule has 1 aliphatic carbocycles. The normalized spacial score (nSPS) is 25.9. The molecule has 24 heavy (non-hydrogen) atoms. The SMILES string of the molecule is CC(=O)N1C=Cc2ccccc2C1CC(=O)NC1CCCC(C)C1. The van der Waals surface area contributed by atoms with E-state index in [1.54, 1.807) is 18.0 Å². The number of hydrogen-bond donors (Lipinski definition) is 1. The smallest absolute Gasteiger partial charge is 0.223 e. The maximum absolute atomic E-state index is 12.6. The van der Waals surface area contributed by atoms with Crippen LogP contribution in [0.1, 0.15) is 63.1 Å². The highest BCUT2D eigenvalue weighted by atomic mass is 16.2. The molecular weight excluding hydrogens is 300 g/mol. The van der Waals surface area contributed by atoms with Gasteiger partial charge in [0, 0.05) is 19.2 Å². The lowest BCUT2D eigenvalue weighted by atomic mass is 9.87. The first kappa shape index (κ1) is 16.7. The van der Waals surface area contributed by atoms with E-state index in [-0.39, 0.29) is 23.9 Å². The summed E-state index contributed by atoms with van der Waals surface area (Å²) in [7, 11) is 0. The van der Waals surface area contributed by atoms with Crippen LogP contribution in [0, 0.1) is 5.92 Å². The molecule has 2 amide bonds. The number of nitrogens with zero attached hydrogens (tertiary/aromatic N) is 1. The van der Waals surface area contributed by atoms with E-state index in [1.165, 1.54) is 12.8 Å². The second-order valence-electron chi connectivity index (χ2n) is 7.13. The molecule has 1 aliphatic heterocycles. The van der Waals surface area contributed by atoms with E-state index in [2.05, 4.69) is 12.2 Å². The minimum atomic E-state index is -0.218. The standard InChI is InChI=1S/C20H26N2O2/c1-14-6-5-8-17(12-14)21-20(24)13-19-18-9-4-3-7-16(18)10-11-22(19)15(2)23/h3-4,7,9-11,14,17,19H,5-6,8,12-13H2,1-2H3,(H,21,24). The third-order valence-electron chi connectivity index (χ3n) is 5.15. The Morgan fingerprint density at radius 2 is 2.04 bits per heavy atom. The largest absolute Gasteiger partial charge is 0.353 e. The number of nitrogens with one attached hydrogen (secondary N) is 1. The van der Waals surface area contributed by atoms with Crippen molar-refractivity contribution in [3.8, 4) is 0 Å². The Morgan fingerprint density at radius 3 is 2.79 bits per heavy atom. The number of benzene rings is 1. The second kappa shape index (κ2) is 7.20. The zero-order valence-electron chi connectivity index (χ0n) is 14.5. The van der Waals surface area contributed by atoms with Gasteiger partial charge in [0.25, 0.3) is 0 Å². The van der Waals surface area contributed by atoms with Gasteiger partial charge in [-0.2, -0.15) is 0 Å². The lowest BCUT2D eigenvalue weighted by Gasteiger charge is -2.33. The summed E-state index contributed by atoms with van der Waals surface area (Å²) in [4.78, 5) is 26.2. The molecule has 4 heteroatoms. The molecule has 2 aliphatic rings. The fourth-order valence-electron chi connectivity index (χ4n) is 3.94. The Bertz CT molecular complexity index is 653. The van der Waals surface area contributed by atoms with E-state index >= 15 is 0 Å². The minimum absolute atomic E-state index is 0.0372. The summed E-state index contributed by atoms with van der Waals surface area (Å²) in [5, 5.41) is 3.19. The van der Waals surface area contributed by atoms with Crippen molar-refractivity contribution in [2.24, 2.45) is 5.92 Å². The van der Waals surface area contributed by atoms with Gasteiger partial charge in [0.2, 0.25) is 11.8 Å². The third kappa shape index (κ3) is 3.69. The average molecular weight is 326 g/mol. The van der Waals surface area contributed by atoms with Gasteiger partial charge >= 0.3 is 0 Å². The highest BCUT2D eigenvalue weighted by Gasteiger charge is 2.29. The van der Waals surface area contributed by atoms with Gasteiger partial charge in [-0.15, -0.1) is 0 Å². The molecule has 4 nitrogen and oxygen atoms in total. The molecule has 1 heterocycles. The summed E-state index contributed by atoms with van der Waals surface area (Å²) in [6.45, 7) is 3.80. The predicted molar refractivity (Wildman–Crippen MR) is 94.9 cm³/mol. The summed E-state index contributed by atoms with van der Waals surface area (Å²) in [6.07, 6.45) is 8.61. The molecule has 1 fully saturated rings. The Kier molecular flexibility index (Phi) is 5.03. The topological polar surface area (TPSA) is 49.4 Å². The van der Waals surface area contributed by atoms with E-state index < -0.39 is 0 Å². The van der Waals surface area contributed by atoms with Crippen LogP contribution in [0.2, 0.25) is 0 Å². The summed E-state index contributed by atoms with van der Waals surface area (Å²) in [5.41, 5.74) is 2.13. The van der Waals surface area contributed by atoms with E-state index in [0.29, 0.717) is 12.3 Å². The van der Waals surface area contributed by atoms with Crippen molar-refractivity contribution < 1.29 is 9.59 Å². The number of fused-ring (bicyclic) bond motifs is 1. The third-order valence-corrected chi connectivity index (χ3v) is 5.15. The van der Waals surface area contributed by atoms with Crippen LogP contribution in [0.15, 0.2) is 30.5 Å². The first-order valence-corrected chi connectivity index (χ1v) is 8.90. The van der Waals surface area contributed by atoms with Crippen molar-refractivity contribution in [2.75, 3.05) is 0 Å². The van der Waals surface area contributed by atoms with Crippen LogP contribution in [0.4, 0.5) is 0 Å². The van der Waals surface area contributed by atoms with E-state index in [1.807, 2.05) is 30.3 Å². The molecule has 0 radical (unpaired) electrons. The van der Waals surface area contributed by atoms with E-state index in [4.69, 9.17) is 0 Å². The lowest BCUT2D eigenvalue weighted by Crippen LogP contribution is -2.41. The molecule has 0 aromatic heterocycles. The molecule has 3 rings (SSSR count). The fourth-order valence-corrected chi connectivity index (χ4v) is 3.94. The van der Waals surface area contributed by atoms with E-state index in [9.17, 15) is 9.59 Å². The van der Waals surface area contributed by atoms with E-state index in [0.717, 1.165) is 24.0 Å². The van der Waals surface area contributed by atoms with Crippen molar-refractivity contribution in [1.29, 1.82) is 0 Å². The summed E-state index contributed by atoms with van der Waals surface area (Å²) >= 11 is 0. The number of carbonyl (C=O) groups excluding carboxylic acids is 2. The maximum atomic E-state index is 12.6. The van der Waals surface area contributed by atoms with Crippen molar-refractivity contribution in [1.82, 2.24) is 10.2 Å². The monoisotopic (exact) mass is 326 g/mol. The fraction of sp³-hybridized carbons (Fsp3) is 0.500. The van der Waals surface area contributed by atoms with Crippen LogP contribution in [0.25, 0.3) is 6.08 Å². The van der Waals surface area contributed by atoms with Crippen molar-refractivity contribution in [3.05, 3.63) is 41.6 Å². The van der Waals surface area contributed by atoms with Crippen LogP contribution in [-0.2, 0) is 9.59 Å². The van der Waals surface area contributed by atoms with Gasteiger partial charge in [-0.05, 0) is 36.0 Å².